The van der Waals surface area contributed by atoms with Crippen molar-refractivity contribution in [2.75, 3.05) is 58.3 Å². The summed E-state index contributed by atoms with van der Waals surface area (Å²) in [5, 5.41) is 7.16. The summed E-state index contributed by atoms with van der Waals surface area (Å²) >= 11 is 0. The largest absolute Gasteiger partial charge is 0.496 e. The van der Waals surface area contributed by atoms with E-state index < -0.39 is 0 Å². The Hall–Kier alpha value is -2.73. The first-order valence-electron chi connectivity index (χ1n) is 11.9. The summed E-state index contributed by atoms with van der Waals surface area (Å²) in [7, 11) is 3.61. The van der Waals surface area contributed by atoms with Gasteiger partial charge >= 0.3 is 0 Å². The van der Waals surface area contributed by atoms with Crippen molar-refractivity contribution in [1.29, 1.82) is 0 Å². The number of nitrogens with zero attached hydrogens (tertiary/aromatic N) is 3. The second-order valence-corrected chi connectivity index (χ2v) is 8.77. The highest BCUT2D eigenvalue weighted by molar-refractivity contribution is 5.79. The summed E-state index contributed by atoms with van der Waals surface area (Å²) in [5.74, 6) is 2.46. The molecule has 6 heteroatoms. The fraction of sp³-hybridized carbons (Fsp3) is 0.500. The Bertz CT molecular complexity index is 866. The standard InChI is InChI=1S/C26H37N5O/c1-27-26(28-18-21-14-17-31(20-21)22-10-4-3-5-11-22)29-19-24(30-15-8-9-16-30)23-12-6-7-13-25(23)32-2/h3-7,10-13,21,24H,8-9,14-20H2,1-2H3,(H2,27,28,29). The van der Waals surface area contributed by atoms with Gasteiger partial charge in [0, 0.05) is 44.5 Å². The van der Waals surface area contributed by atoms with Crippen LogP contribution in [0.5, 0.6) is 5.75 Å². The van der Waals surface area contributed by atoms with Crippen molar-refractivity contribution in [2.24, 2.45) is 10.9 Å². The molecule has 2 aliphatic heterocycles. The van der Waals surface area contributed by atoms with Gasteiger partial charge in [-0.15, -0.1) is 0 Å². The molecule has 2 atom stereocenters. The van der Waals surface area contributed by atoms with Gasteiger partial charge in [-0.25, -0.2) is 0 Å². The monoisotopic (exact) mass is 435 g/mol. The number of ether oxygens (including phenoxy) is 1. The maximum absolute atomic E-state index is 5.68. The number of likely N-dealkylation sites (tertiary alicyclic amines) is 1. The molecule has 0 radical (unpaired) electrons. The highest BCUT2D eigenvalue weighted by Gasteiger charge is 2.26. The first-order chi connectivity index (χ1) is 15.8. The molecule has 4 rings (SSSR count). The molecule has 0 spiro atoms. The molecule has 0 aromatic heterocycles. The molecule has 2 unspecified atom stereocenters. The van der Waals surface area contributed by atoms with Crippen LogP contribution >= 0.6 is 0 Å². The van der Waals surface area contributed by atoms with E-state index in [-0.39, 0.29) is 6.04 Å². The third-order valence-corrected chi connectivity index (χ3v) is 6.73. The number of para-hydroxylation sites is 2. The predicted molar refractivity (Wildman–Crippen MR) is 133 cm³/mol. The van der Waals surface area contributed by atoms with Crippen LogP contribution < -0.4 is 20.3 Å². The predicted octanol–water partition coefficient (Wildman–Crippen LogP) is 3.52. The van der Waals surface area contributed by atoms with Crippen molar-refractivity contribution in [2.45, 2.75) is 25.3 Å². The third-order valence-electron chi connectivity index (χ3n) is 6.73. The van der Waals surface area contributed by atoms with Gasteiger partial charge in [0.05, 0.1) is 13.2 Å². The zero-order chi connectivity index (χ0) is 22.2. The number of methoxy groups -OCH3 is 1. The molecule has 0 amide bonds. The lowest BCUT2D eigenvalue weighted by atomic mass is 10.0. The topological polar surface area (TPSA) is 52.1 Å². The van der Waals surface area contributed by atoms with Crippen molar-refractivity contribution < 1.29 is 4.74 Å². The number of hydrogen-bond donors (Lipinski definition) is 2. The van der Waals surface area contributed by atoms with Crippen molar-refractivity contribution in [3.05, 3.63) is 60.2 Å². The summed E-state index contributed by atoms with van der Waals surface area (Å²) in [6, 6.07) is 19.4. The Kier molecular flexibility index (Phi) is 7.88. The zero-order valence-electron chi connectivity index (χ0n) is 19.5. The molecule has 2 saturated heterocycles. The molecule has 6 nitrogen and oxygen atoms in total. The van der Waals surface area contributed by atoms with E-state index in [0.29, 0.717) is 5.92 Å². The minimum absolute atomic E-state index is 0.271. The molecule has 2 aromatic carbocycles. The van der Waals surface area contributed by atoms with Crippen LogP contribution in [0.25, 0.3) is 0 Å². The second-order valence-electron chi connectivity index (χ2n) is 8.77. The highest BCUT2D eigenvalue weighted by atomic mass is 16.5. The van der Waals surface area contributed by atoms with Crippen LogP contribution in [0.3, 0.4) is 0 Å². The number of hydrogen-bond acceptors (Lipinski definition) is 4. The van der Waals surface area contributed by atoms with Crippen LogP contribution in [0, 0.1) is 5.92 Å². The second kappa shape index (κ2) is 11.2. The fourth-order valence-electron chi connectivity index (χ4n) is 4.96. The van der Waals surface area contributed by atoms with E-state index in [1.807, 2.05) is 13.1 Å². The summed E-state index contributed by atoms with van der Waals surface area (Å²) in [6.07, 6.45) is 3.73. The molecule has 2 aliphatic rings. The van der Waals surface area contributed by atoms with Gasteiger partial charge in [-0.2, -0.15) is 0 Å². The van der Waals surface area contributed by atoms with E-state index in [9.17, 15) is 0 Å². The van der Waals surface area contributed by atoms with Gasteiger partial charge in [-0.05, 0) is 56.5 Å². The highest BCUT2D eigenvalue weighted by Crippen LogP contribution is 2.31. The first kappa shape index (κ1) is 22.5. The number of guanidine groups is 1. The first-order valence-corrected chi connectivity index (χ1v) is 11.9. The molecular formula is C26H37N5O. The molecule has 0 saturated carbocycles. The molecule has 0 aliphatic carbocycles. The van der Waals surface area contributed by atoms with E-state index in [2.05, 4.69) is 74.0 Å². The van der Waals surface area contributed by atoms with Crippen molar-refractivity contribution in [1.82, 2.24) is 15.5 Å². The van der Waals surface area contributed by atoms with Crippen LogP contribution in [0.15, 0.2) is 59.6 Å². The number of aliphatic imine (C=N–C) groups is 1. The Morgan fingerprint density at radius 2 is 1.78 bits per heavy atom. The van der Waals surface area contributed by atoms with Gasteiger partial charge < -0.3 is 20.3 Å². The van der Waals surface area contributed by atoms with E-state index in [1.165, 1.54) is 30.5 Å². The van der Waals surface area contributed by atoms with E-state index in [1.54, 1.807) is 7.11 Å². The van der Waals surface area contributed by atoms with Crippen LogP contribution in [-0.4, -0.2) is 64.3 Å². The molecule has 32 heavy (non-hydrogen) atoms. The number of nitrogens with one attached hydrogen (secondary N) is 2. The van der Waals surface area contributed by atoms with Crippen molar-refractivity contribution in [3.8, 4) is 5.75 Å². The smallest absolute Gasteiger partial charge is 0.191 e. The van der Waals surface area contributed by atoms with Gasteiger partial charge in [-0.3, -0.25) is 9.89 Å². The van der Waals surface area contributed by atoms with Crippen LogP contribution in [0.4, 0.5) is 5.69 Å². The van der Waals surface area contributed by atoms with Gasteiger partial charge in [-0.1, -0.05) is 36.4 Å². The lowest BCUT2D eigenvalue weighted by Crippen LogP contribution is -2.44. The quantitative estimate of drug-likeness (QED) is 0.491. The molecule has 2 heterocycles. The van der Waals surface area contributed by atoms with Gasteiger partial charge in [0.15, 0.2) is 5.96 Å². The normalized spacial score (nSPS) is 20.4. The summed E-state index contributed by atoms with van der Waals surface area (Å²) in [6.45, 7) is 6.22. The SMILES string of the molecule is CN=C(NCC1CCN(c2ccccc2)C1)NCC(c1ccccc1OC)N1CCCC1. The molecular weight excluding hydrogens is 398 g/mol. The van der Waals surface area contributed by atoms with Gasteiger partial charge in [0.2, 0.25) is 0 Å². The summed E-state index contributed by atoms with van der Waals surface area (Å²) < 4.78 is 5.68. The van der Waals surface area contributed by atoms with Crippen LogP contribution in [0.1, 0.15) is 30.9 Å². The Labute approximate surface area is 192 Å². The average molecular weight is 436 g/mol. The van der Waals surface area contributed by atoms with E-state index in [4.69, 9.17) is 4.74 Å². The number of benzene rings is 2. The maximum Gasteiger partial charge on any atom is 0.191 e. The average Bonchev–Trinajstić information content (AvgIpc) is 3.55. The summed E-state index contributed by atoms with van der Waals surface area (Å²) in [4.78, 5) is 9.53. The molecule has 0 bridgehead atoms. The van der Waals surface area contributed by atoms with Crippen LogP contribution in [-0.2, 0) is 0 Å². The number of anilines is 1. The van der Waals surface area contributed by atoms with Gasteiger partial charge in [0.25, 0.3) is 0 Å². The third kappa shape index (κ3) is 5.54. The zero-order valence-corrected chi connectivity index (χ0v) is 19.5. The molecule has 2 fully saturated rings. The molecule has 172 valence electrons. The van der Waals surface area contributed by atoms with Crippen LogP contribution in [0.2, 0.25) is 0 Å². The van der Waals surface area contributed by atoms with E-state index in [0.717, 1.165) is 51.0 Å². The molecule has 2 aromatic rings. The lowest BCUT2D eigenvalue weighted by Gasteiger charge is -2.30. The van der Waals surface area contributed by atoms with Crippen molar-refractivity contribution in [3.63, 3.8) is 0 Å². The lowest BCUT2D eigenvalue weighted by molar-refractivity contribution is 0.239. The number of rotatable bonds is 8. The minimum atomic E-state index is 0.271. The maximum atomic E-state index is 5.68. The van der Waals surface area contributed by atoms with Gasteiger partial charge in [0.1, 0.15) is 5.75 Å². The van der Waals surface area contributed by atoms with Crippen molar-refractivity contribution >= 4 is 11.6 Å². The van der Waals surface area contributed by atoms with E-state index >= 15 is 0 Å². The Morgan fingerprint density at radius 1 is 1.03 bits per heavy atom. The Morgan fingerprint density at radius 3 is 2.53 bits per heavy atom. The summed E-state index contributed by atoms with van der Waals surface area (Å²) in [5.41, 5.74) is 2.57. The molecule has 2 N–H and O–H groups in total. The fourth-order valence-corrected chi connectivity index (χ4v) is 4.96. The minimum Gasteiger partial charge on any atom is -0.496 e. The Balaban J connectivity index is 1.32.